The van der Waals surface area contributed by atoms with Crippen LogP contribution in [0.1, 0.15) is 32.1 Å². The highest BCUT2D eigenvalue weighted by atomic mass is 19.1. The monoisotopic (exact) mass is 235 g/mol. The van der Waals surface area contributed by atoms with Crippen LogP contribution in [0.5, 0.6) is 5.75 Å². The molecule has 3 atom stereocenters. The third-order valence-electron chi connectivity index (χ3n) is 3.80. The fourth-order valence-corrected chi connectivity index (χ4v) is 3.03. The first-order chi connectivity index (χ1) is 8.31. The highest BCUT2D eigenvalue weighted by Crippen LogP contribution is 2.29. The van der Waals surface area contributed by atoms with E-state index in [0.29, 0.717) is 17.8 Å². The van der Waals surface area contributed by atoms with Crippen LogP contribution in [0.15, 0.2) is 24.3 Å². The molecular weight excluding hydrogens is 217 g/mol. The summed E-state index contributed by atoms with van der Waals surface area (Å²) in [7, 11) is 0. The Kier molecular flexibility index (Phi) is 3.02. The average Bonchev–Trinajstić information content (AvgIpc) is 2.32. The number of fused-ring (bicyclic) bond motifs is 2. The van der Waals surface area contributed by atoms with E-state index in [1.807, 2.05) is 6.07 Å². The number of piperidine rings is 2. The van der Waals surface area contributed by atoms with Crippen molar-refractivity contribution in [1.29, 1.82) is 0 Å². The van der Waals surface area contributed by atoms with Crippen LogP contribution < -0.4 is 10.1 Å². The highest BCUT2D eigenvalue weighted by molar-refractivity contribution is 5.24. The number of ether oxygens (including phenoxy) is 1. The summed E-state index contributed by atoms with van der Waals surface area (Å²) in [6.07, 6.45) is 5.95. The summed E-state index contributed by atoms with van der Waals surface area (Å²) >= 11 is 0. The summed E-state index contributed by atoms with van der Waals surface area (Å²) in [6, 6.07) is 7.82. The molecule has 3 rings (SSSR count). The van der Waals surface area contributed by atoms with Crippen molar-refractivity contribution < 1.29 is 9.13 Å². The summed E-state index contributed by atoms with van der Waals surface area (Å²) in [4.78, 5) is 0. The Bertz CT molecular complexity index is 384. The third-order valence-corrected chi connectivity index (χ3v) is 3.80. The van der Waals surface area contributed by atoms with E-state index < -0.39 is 0 Å². The standard InChI is InChI=1S/C14H18FNO/c15-13-6-1-2-7-14(13)17-12-8-10-4-3-5-11(9-12)16-10/h1-2,6-7,10-12,16H,3-5,8-9H2/t10-,11+,12-. The molecule has 92 valence electrons. The van der Waals surface area contributed by atoms with Crippen LogP contribution in [-0.4, -0.2) is 18.2 Å². The van der Waals surface area contributed by atoms with Gasteiger partial charge in [0.05, 0.1) is 0 Å². The van der Waals surface area contributed by atoms with Gasteiger partial charge in [-0.15, -0.1) is 0 Å². The summed E-state index contributed by atoms with van der Waals surface area (Å²) in [5, 5.41) is 3.61. The molecule has 0 spiro atoms. The molecule has 2 fully saturated rings. The van der Waals surface area contributed by atoms with E-state index in [0.717, 1.165) is 12.8 Å². The molecule has 1 aromatic carbocycles. The number of hydrogen-bond acceptors (Lipinski definition) is 2. The van der Waals surface area contributed by atoms with Crippen LogP contribution in [0.4, 0.5) is 4.39 Å². The molecule has 17 heavy (non-hydrogen) atoms. The Morgan fingerprint density at radius 1 is 1.12 bits per heavy atom. The van der Waals surface area contributed by atoms with Crippen LogP contribution in [0, 0.1) is 5.82 Å². The lowest BCUT2D eigenvalue weighted by atomic mass is 9.85. The first-order valence-corrected chi connectivity index (χ1v) is 6.48. The molecule has 1 aromatic rings. The highest BCUT2D eigenvalue weighted by Gasteiger charge is 2.32. The second-order valence-corrected chi connectivity index (χ2v) is 5.13. The number of rotatable bonds is 2. The van der Waals surface area contributed by atoms with Crippen LogP contribution in [0.2, 0.25) is 0 Å². The second-order valence-electron chi connectivity index (χ2n) is 5.13. The summed E-state index contributed by atoms with van der Waals surface area (Å²) in [5.41, 5.74) is 0. The molecule has 0 aromatic heterocycles. The number of nitrogens with one attached hydrogen (secondary N) is 1. The predicted molar refractivity (Wildman–Crippen MR) is 64.6 cm³/mol. The Hall–Kier alpha value is -1.09. The molecule has 2 aliphatic heterocycles. The van der Waals surface area contributed by atoms with E-state index in [-0.39, 0.29) is 11.9 Å². The fourth-order valence-electron chi connectivity index (χ4n) is 3.03. The van der Waals surface area contributed by atoms with Gasteiger partial charge in [-0.2, -0.15) is 0 Å². The van der Waals surface area contributed by atoms with E-state index in [4.69, 9.17) is 4.74 Å². The van der Waals surface area contributed by atoms with E-state index in [1.165, 1.54) is 25.3 Å². The predicted octanol–water partition coefficient (Wildman–Crippen LogP) is 2.88. The van der Waals surface area contributed by atoms with E-state index in [1.54, 1.807) is 12.1 Å². The second kappa shape index (κ2) is 4.65. The zero-order chi connectivity index (χ0) is 11.7. The summed E-state index contributed by atoms with van der Waals surface area (Å²) in [6.45, 7) is 0. The summed E-state index contributed by atoms with van der Waals surface area (Å²) in [5.74, 6) is 0.147. The van der Waals surface area contributed by atoms with Gasteiger partial charge in [0.1, 0.15) is 6.10 Å². The van der Waals surface area contributed by atoms with Crippen molar-refractivity contribution in [3.8, 4) is 5.75 Å². The van der Waals surface area contributed by atoms with Crippen LogP contribution >= 0.6 is 0 Å². The van der Waals surface area contributed by atoms with Gasteiger partial charge in [-0.05, 0) is 37.8 Å². The van der Waals surface area contributed by atoms with E-state index in [2.05, 4.69) is 5.32 Å². The lowest BCUT2D eigenvalue weighted by Gasteiger charge is -2.40. The molecule has 2 aliphatic rings. The topological polar surface area (TPSA) is 21.3 Å². The van der Waals surface area contributed by atoms with Gasteiger partial charge in [-0.1, -0.05) is 18.6 Å². The molecule has 2 bridgehead atoms. The van der Waals surface area contributed by atoms with Crippen molar-refractivity contribution in [3.63, 3.8) is 0 Å². The Balaban J connectivity index is 1.68. The number of para-hydroxylation sites is 1. The molecule has 0 unspecified atom stereocenters. The Morgan fingerprint density at radius 2 is 1.82 bits per heavy atom. The minimum absolute atomic E-state index is 0.170. The molecule has 0 radical (unpaired) electrons. The number of benzene rings is 1. The minimum atomic E-state index is -0.254. The normalized spacial score (nSPS) is 32.2. The minimum Gasteiger partial charge on any atom is -0.487 e. The Labute approximate surface area is 101 Å². The van der Waals surface area contributed by atoms with E-state index in [9.17, 15) is 4.39 Å². The van der Waals surface area contributed by atoms with Gasteiger partial charge in [0.15, 0.2) is 11.6 Å². The maximum atomic E-state index is 13.5. The third kappa shape index (κ3) is 2.44. The fraction of sp³-hybridized carbons (Fsp3) is 0.571. The molecule has 3 heteroatoms. The van der Waals surface area contributed by atoms with Gasteiger partial charge < -0.3 is 10.1 Å². The van der Waals surface area contributed by atoms with Crippen molar-refractivity contribution >= 4 is 0 Å². The molecule has 0 amide bonds. The molecule has 2 saturated heterocycles. The molecule has 2 nitrogen and oxygen atoms in total. The number of hydrogen-bond donors (Lipinski definition) is 1. The molecule has 1 N–H and O–H groups in total. The van der Waals surface area contributed by atoms with Gasteiger partial charge >= 0.3 is 0 Å². The SMILES string of the molecule is Fc1ccccc1O[C@@H]1C[C@H]2CCC[C@@H](C1)N2. The zero-order valence-electron chi connectivity index (χ0n) is 9.86. The van der Waals surface area contributed by atoms with Crippen molar-refractivity contribution in [2.24, 2.45) is 0 Å². The maximum absolute atomic E-state index is 13.5. The van der Waals surface area contributed by atoms with Crippen LogP contribution in [0.3, 0.4) is 0 Å². The van der Waals surface area contributed by atoms with Crippen molar-refractivity contribution in [2.45, 2.75) is 50.3 Å². The molecular formula is C14H18FNO. The quantitative estimate of drug-likeness (QED) is 0.851. The first-order valence-electron chi connectivity index (χ1n) is 6.48. The zero-order valence-corrected chi connectivity index (χ0v) is 9.86. The molecule has 0 saturated carbocycles. The molecule has 2 heterocycles. The molecule has 0 aliphatic carbocycles. The van der Waals surface area contributed by atoms with Crippen molar-refractivity contribution in [1.82, 2.24) is 5.32 Å². The smallest absolute Gasteiger partial charge is 0.165 e. The Morgan fingerprint density at radius 3 is 2.53 bits per heavy atom. The van der Waals surface area contributed by atoms with Crippen molar-refractivity contribution in [2.75, 3.05) is 0 Å². The summed E-state index contributed by atoms with van der Waals surface area (Å²) < 4.78 is 19.3. The van der Waals surface area contributed by atoms with Gasteiger partial charge in [0.25, 0.3) is 0 Å². The van der Waals surface area contributed by atoms with Gasteiger partial charge in [0, 0.05) is 12.1 Å². The van der Waals surface area contributed by atoms with Crippen molar-refractivity contribution in [3.05, 3.63) is 30.1 Å². The average molecular weight is 235 g/mol. The number of halogens is 1. The maximum Gasteiger partial charge on any atom is 0.165 e. The first kappa shape index (κ1) is 11.0. The lowest BCUT2D eigenvalue weighted by Crippen LogP contribution is -2.51. The van der Waals surface area contributed by atoms with Gasteiger partial charge in [-0.3, -0.25) is 0 Å². The lowest BCUT2D eigenvalue weighted by molar-refractivity contribution is 0.0893. The van der Waals surface area contributed by atoms with Gasteiger partial charge in [0.2, 0.25) is 0 Å². The van der Waals surface area contributed by atoms with Crippen LogP contribution in [0.25, 0.3) is 0 Å². The van der Waals surface area contributed by atoms with Crippen LogP contribution in [-0.2, 0) is 0 Å². The largest absolute Gasteiger partial charge is 0.487 e. The van der Waals surface area contributed by atoms with Gasteiger partial charge in [-0.25, -0.2) is 4.39 Å². The van der Waals surface area contributed by atoms with E-state index >= 15 is 0 Å².